The number of allylic oxidation sites excluding steroid dienone is 1. The summed E-state index contributed by atoms with van der Waals surface area (Å²) in [6.45, 7) is 10.1. The highest BCUT2D eigenvalue weighted by atomic mass is 15.1. The molecule has 0 saturated carbocycles. The first-order valence-corrected chi connectivity index (χ1v) is 6.01. The van der Waals surface area contributed by atoms with Crippen LogP contribution >= 0.6 is 0 Å². The molecule has 1 aromatic carbocycles. The molecule has 0 unspecified atom stereocenters. The SMILES string of the molecule is CC1=CN(c2ccc(C)cc2)CCC1(C)C. The van der Waals surface area contributed by atoms with Crippen LogP contribution in [0, 0.1) is 12.3 Å². The number of benzene rings is 1. The molecule has 0 amide bonds. The predicted molar refractivity (Wildman–Crippen MR) is 70.7 cm³/mol. The second-order valence-corrected chi connectivity index (χ2v) is 5.47. The van der Waals surface area contributed by atoms with Gasteiger partial charge in [-0.1, -0.05) is 37.1 Å². The Bertz CT molecular complexity index is 398. The second kappa shape index (κ2) is 3.97. The fourth-order valence-electron chi connectivity index (χ4n) is 2.01. The van der Waals surface area contributed by atoms with Gasteiger partial charge < -0.3 is 4.90 Å². The molecule has 0 radical (unpaired) electrons. The zero-order chi connectivity index (χ0) is 11.8. The molecule has 2 rings (SSSR count). The molecule has 0 aliphatic carbocycles. The molecule has 0 fully saturated rings. The monoisotopic (exact) mass is 215 g/mol. The number of aryl methyl sites for hydroxylation is 1. The van der Waals surface area contributed by atoms with Crippen molar-refractivity contribution in [1.82, 2.24) is 0 Å². The fraction of sp³-hybridized carbons (Fsp3) is 0.467. The van der Waals surface area contributed by atoms with Gasteiger partial charge in [0.2, 0.25) is 0 Å². The number of hydrogen-bond acceptors (Lipinski definition) is 1. The Morgan fingerprint density at radius 3 is 2.25 bits per heavy atom. The lowest BCUT2D eigenvalue weighted by Gasteiger charge is -2.36. The van der Waals surface area contributed by atoms with E-state index in [9.17, 15) is 0 Å². The third kappa shape index (κ3) is 2.13. The van der Waals surface area contributed by atoms with E-state index in [1.54, 1.807) is 0 Å². The Kier molecular flexibility index (Phi) is 2.79. The number of anilines is 1. The van der Waals surface area contributed by atoms with Gasteiger partial charge in [0.05, 0.1) is 0 Å². The average molecular weight is 215 g/mol. The highest BCUT2D eigenvalue weighted by molar-refractivity contribution is 5.51. The summed E-state index contributed by atoms with van der Waals surface area (Å²) in [6, 6.07) is 8.77. The topological polar surface area (TPSA) is 3.24 Å². The van der Waals surface area contributed by atoms with Crippen molar-refractivity contribution in [2.45, 2.75) is 34.1 Å². The summed E-state index contributed by atoms with van der Waals surface area (Å²) in [5.41, 5.74) is 4.46. The normalized spacial score (nSPS) is 19.5. The lowest BCUT2D eigenvalue weighted by atomic mass is 9.80. The van der Waals surface area contributed by atoms with Crippen LogP contribution in [0.15, 0.2) is 36.0 Å². The third-order valence-electron chi connectivity index (χ3n) is 3.76. The Morgan fingerprint density at radius 1 is 1.06 bits per heavy atom. The molecule has 0 bridgehead atoms. The van der Waals surface area contributed by atoms with Gasteiger partial charge >= 0.3 is 0 Å². The van der Waals surface area contributed by atoms with E-state index < -0.39 is 0 Å². The average Bonchev–Trinajstić information content (AvgIpc) is 2.24. The van der Waals surface area contributed by atoms with Crippen molar-refractivity contribution < 1.29 is 0 Å². The second-order valence-electron chi connectivity index (χ2n) is 5.47. The van der Waals surface area contributed by atoms with Crippen molar-refractivity contribution in [3.63, 3.8) is 0 Å². The number of nitrogens with zero attached hydrogens (tertiary/aromatic N) is 1. The van der Waals surface area contributed by atoms with Crippen LogP contribution in [0.5, 0.6) is 0 Å². The van der Waals surface area contributed by atoms with Gasteiger partial charge in [0.15, 0.2) is 0 Å². The zero-order valence-corrected chi connectivity index (χ0v) is 10.7. The van der Waals surface area contributed by atoms with Crippen molar-refractivity contribution in [1.29, 1.82) is 0 Å². The summed E-state index contributed by atoms with van der Waals surface area (Å²) in [5, 5.41) is 0. The van der Waals surface area contributed by atoms with Crippen LogP contribution in [0.3, 0.4) is 0 Å². The minimum absolute atomic E-state index is 0.362. The van der Waals surface area contributed by atoms with Crippen LogP contribution in [-0.4, -0.2) is 6.54 Å². The van der Waals surface area contributed by atoms with E-state index in [2.05, 4.69) is 63.1 Å². The molecule has 1 nitrogen and oxygen atoms in total. The van der Waals surface area contributed by atoms with Crippen LogP contribution in [0.25, 0.3) is 0 Å². The maximum absolute atomic E-state index is 2.36. The first kappa shape index (κ1) is 11.3. The van der Waals surface area contributed by atoms with Gasteiger partial charge in [-0.05, 0) is 37.8 Å². The molecule has 1 aromatic rings. The van der Waals surface area contributed by atoms with Crippen LogP contribution in [-0.2, 0) is 0 Å². The Morgan fingerprint density at radius 2 is 1.69 bits per heavy atom. The summed E-state index contributed by atoms with van der Waals surface area (Å²) in [6.07, 6.45) is 3.53. The van der Waals surface area contributed by atoms with Gasteiger partial charge in [-0.3, -0.25) is 0 Å². The molecule has 1 heterocycles. The highest BCUT2D eigenvalue weighted by Crippen LogP contribution is 2.35. The van der Waals surface area contributed by atoms with Crippen LogP contribution < -0.4 is 4.90 Å². The Balaban J connectivity index is 2.25. The molecule has 16 heavy (non-hydrogen) atoms. The Hall–Kier alpha value is -1.24. The van der Waals surface area contributed by atoms with E-state index in [0.717, 1.165) is 6.54 Å². The maximum Gasteiger partial charge on any atom is 0.0406 e. The van der Waals surface area contributed by atoms with Crippen molar-refractivity contribution in [3.05, 3.63) is 41.6 Å². The Labute approximate surface area is 98.8 Å². The van der Waals surface area contributed by atoms with Crippen molar-refractivity contribution >= 4 is 5.69 Å². The molecule has 1 aliphatic heterocycles. The van der Waals surface area contributed by atoms with E-state index in [1.807, 2.05) is 0 Å². The summed E-state index contributed by atoms with van der Waals surface area (Å²) >= 11 is 0. The molecular weight excluding hydrogens is 194 g/mol. The summed E-state index contributed by atoms with van der Waals surface area (Å²) < 4.78 is 0. The molecule has 0 spiro atoms. The molecule has 0 aromatic heterocycles. The molecular formula is C15H21N. The fourth-order valence-corrected chi connectivity index (χ4v) is 2.01. The highest BCUT2D eigenvalue weighted by Gasteiger charge is 2.25. The summed E-state index contributed by atoms with van der Waals surface area (Å²) in [5.74, 6) is 0. The van der Waals surface area contributed by atoms with Gasteiger partial charge in [0.25, 0.3) is 0 Å². The standard InChI is InChI=1S/C15H21N/c1-12-5-7-14(8-6-12)16-10-9-15(3,4)13(2)11-16/h5-8,11H,9-10H2,1-4H3. The summed E-state index contributed by atoms with van der Waals surface area (Å²) in [7, 11) is 0. The van der Waals surface area contributed by atoms with Crippen LogP contribution in [0.2, 0.25) is 0 Å². The predicted octanol–water partition coefficient (Wildman–Crippen LogP) is 4.14. The lowest BCUT2D eigenvalue weighted by molar-refractivity contribution is 0.395. The molecule has 1 heteroatoms. The zero-order valence-electron chi connectivity index (χ0n) is 10.7. The minimum atomic E-state index is 0.362. The molecule has 0 saturated heterocycles. The number of hydrogen-bond donors (Lipinski definition) is 0. The van der Waals surface area contributed by atoms with Crippen LogP contribution in [0.4, 0.5) is 5.69 Å². The van der Waals surface area contributed by atoms with E-state index >= 15 is 0 Å². The largest absolute Gasteiger partial charge is 0.348 e. The smallest absolute Gasteiger partial charge is 0.0406 e. The first-order valence-electron chi connectivity index (χ1n) is 6.01. The number of rotatable bonds is 1. The third-order valence-corrected chi connectivity index (χ3v) is 3.76. The van der Waals surface area contributed by atoms with Crippen molar-refractivity contribution in [2.75, 3.05) is 11.4 Å². The summed E-state index contributed by atoms with van der Waals surface area (Å²) in [4.78, 5) is 2.36. The van der Waals surface area contributed by atoms with E-state index in [1.165, 1.54) is 23.2 Å². The molecule has 1 aliphatic rings. The van der Waals surface area contributed by atoms with Gasteiger partial charge in [-0.2, -0.15) is 0 Å². The van der Waals surface area contributed by atoms with E-state index in [4.69, 9.17) is 0 Å². The van der Waals surface area contributed by atoms with Gasteiger partial charge in [-0.25, -0.2) is 0 Å². The van der Waals surface area contributed by atoms with Gasteiger partial charge in [0, 0.05) is 18.4 Å². The molecule has 0 atom stereocenters. The maximum atomic E-state index is 2.36. The van der Waals surface area contributed by atoms with Crippen molar-refractivity contribution in [3.8, 4) is 0 Å². The molecule has 86 valence electrons. The van der Waals surface area contributed by atoms with E-state index in [0.29, 0.717) is 5.41 Å². The van der Waals surface area contributed by atoms with Crippen molar-refractivity contribution in [2.24, 2.45) is 5.41 Å². The van der Waals surface area contributed by atoms with Crippen LogP contribution in [0.1, 0.15) is 32.8 Å². The van der Waals surface area contributed by atoms with E-state index in [-0.39, 0.29) is 0 Å². The van der Waals surface area contributed by atoms with Gasteiger partial charge in [-0.15, -0.1) is 0 Å². The first-order chi connectivity index (χ1) is 7.49. The van der Waals surface area contributed by atoms with Gasteiger partial charge in [0.1, 0.15) is 0 Å². The minimum Gasteiger partial charge on any atom is -0.348 e. The molecule has 0 N–H and O–H groups in total. The lowest BCUT2D eigenvalue weighted by Crippen LogP contribution is -2.31. The quantitative estimate of drug-likeness (QED) is 0.680.